The first-order chi connectivity index (χ1) is 8.81. The Hall–Kier alpha value is -1.08. The molecule has 1 aliphatic carbocycles. The number of carbonyl (C=O) groups excluding carboxylic acids is 1. The maximum atomic E-state index is 11.8. The molecule has 1 N–H and O–H groups in total. The average Bonchev–Trinajstić information content (AvgIpc) is 2.39. The summed E-state index contributed by atoms with van der Waals surface area (Å²) in [6, 6.07) is 2.68. The second kappa shape index (κ2) is 6.75. The number of nitriles is 1. The van der Waals surface area contributed by atoms with Crippen molar-refractivity contribution in [1.29, 1.82) is 5.26 Å². The van der Waals surface area contributed by atoms with Crippen molar-refractivity contribution in [3.63, 3.8) is 0 Å². The van der Waals surface area contributed by atoms with Crippen LogP contribution in [-0.2, 0) is 4.79 Å². The Morgan fingerprint density at radius 2 is 2.06 bits per heavy atom. The molecule has 1 aliphatic heterocycles. The van der Waals surface area contributed by atoms with Crippen molar-refractivity contribution < 1.29 is 4.79 Å². The van der Waals surface area contributed by atoms with E-state index in [9.17, 15) is 4.79 Å². The molecule has 2 rings (SSSR count). The van der Waals surface area contributed by atoms with E-state index in [0.29, 0.717) is 25.6 Å². The lowest BCUT2D eigenvalue weighted by Crippen LogP contribution is -2.50. The van der Waals surface area contributed by atoms with E-state index in [4.69, 9.17) is 5.26 Å². The number of likely N-dealkylation sites (tertiary alicyclic amines) is 1. The highest BCUT2D eigenvalue weighted by molar-refractivity contribution is 5.78. The Morgan fingerprint density at radius 3 is 2.89 bits per heavy atom. The smallest absolute Gasteiger partial charge is 0.234 e. The number of nitrogens with one attached hydrogen (secondary N) is 1. The summed E-state index contributed by atoms with van der Waals surface area (Å²) in [6.07, 6.45) is 8.26. The van der Waals surface area contributed by atoms with E-state index in [2.05, 4.69) is 10.2 Å². The summed E-state index contributed by atoms with van der Waals surface area (Å²) in [6.45, 7) is 2.07. The van der Waals surface area contributed by atoms with Gasteiger partial charge >= 0.3 is 0 Å². The number of nitrogens with zero attached hydrogens (tertiary/aromatic N) is 2. The molecule has 2 aliphatic rings. The Bertz CT molecular complexity index is 321. The number of rotatable bonds is 4. The van der Waals surface area contributed by atoms with Crippen LogP contribution in [0.4, 0.5) is 0 Å². The largest absolute Gasteiger partial charge is 0.354 e. The van der Waals surface area contributed by atoms with Crippen molar-refractivity contribution in [3.8, 4) is 6.07 Å². The van der Waals surface area contributed by atoms with Crippen molar-refractivity contribution in [3.05, 3.63) is 0 Å². The van der Waals surface area contributed by atoms with Crippen molar-refractivity contribution in [1.82, 2.24) is 10.2 Å². The molecule has 0 bridgehead atoms. The van der Waals surface area contributed by atoms with Gasteiger partial charge in [-0.05, 0) is 38.1 Å². The highest BCUT2D eigenvalue weighted by Gasteiger charge is 2.33. The molecule has 2 fully saturated rings. The Labute approximate surface area is 109 Å². The van der Waals surface area contributed by atoms with Gasteiger partial charge in [0.2, 0.25) is 5.91 Å². The quantitative estimate of drug-likeness (QED) is 0.771. The molecule has 4 heteroatoms. The van der Waals surface area contributed by atoms with Crippen molar-refractivity contribution >= 4 is 5.91 Å². The van der Waals surface area contributed by atoms with Crippen LogP contribution in [0.3, 0.4) is 0 Å². The fourth-order valence-corrected chi connectivity index (χ4v) is 3.42. The van der Waals surface area contributed by atoms with Gasteiger partial charge in [-0.2, -0.15) is 5.26 Å². The maximum Gasteiger partial charge on any atom is 0.234 e. The molecule has 0 spiro atoms. The van der Waals surface area contributed by atoms with E-state index >= 15 is 0 Å². The van der Waals surface area contributed by atoms with Crippen LogP contribution >= 0.6 is 0 Å². The van der Waals surface area contributed by atoms with Crippen LogP contribution in [0.5, 0.6) is 0 Å². The van der Waals surface area contributed by atoms with Crippen LogP contribution in [0, 0.1) is 17.2 Å². The van der Waals surface area contributed by atoms with E-state index < -0.39 is 0 Å². The van der Waals surface area contributed by atoms with E-state index in [1.807, 2.05) is 6.07 Å². The molecular weight excluding hydrogens is 226 g/mol. The normalized spacial score (nSPS) is 28.2. The van der Waals surface area contributed by atoms with Gasteiger partial charge < -0.3 is 5.32 Å². The van der Waals surface area contributed by atoms with Crippen LogP contribution < -0.4 is 5.32 Å². The lowest BCUT2D eigenvalue weighted by atomic mass is 9.78. The van der Waals surface area contributed by atoms with Crippen LogP contribution in [0.2, 0.25) is 0 Å². The molecule has 18 heavy (non-hydrogen) atoms. The second-order valence-corrected chi connectivity index (χ2v) is 5.48. The lowest BCUT2D eigenvalue weighted by Gasteiger charge is -2.43. The highest BCUT2D eigenvalue weighted by Crippen LogP contribution is 2.34. The van der Waals surface area contributed by atoms with Gasteiger partial charge in [-0.15, -0.1) is 0 Å². The highest BCUT2D eigenvalue weighted by atomic mass is 16.2. The minimum atomic E-state index is 0.0801. The topological polar surface area (TPSA) is 56.1 Å². The number of carbonyl (C=O) groups is 1. The average molecular weight is 249 g/mol. The van der Waals surface area contributed by atoms with Gasteiger partial charge in [-0.25, -0.2) is 0 Å². The standard InChI is InChI=1S/C14H23N3O/c15-8-4-9-16-14(18)11-17-10-3-6-12-5-1-2-7-13(12)17/h12-13H,1-7,9-11H2,(H,16,18)/t12-,13-/m0/s1. The number of fused-ring (bicyclic) bond motifs is 1. The molecule has 0 aromatic carbocycles. The predicted octanol–water partition coefficient (Wildman–Crippen LogP) is 1.67. The first kappa shape index (κ1) is 13.4. The monoisotopic (exact) mass is 249 g/mol. The molecule has 0 aromatic heterocycles. The van der Waals surface area contributed by atoms with Crippen LogP contribution in [0.1, 0.15) is 44.9 Å². The molecule has 0 radical (unpaired) electrons. The molecule has 4 nitrogen and oxygen atoms in total. The minimum absolute atomic E-state index is 0.0801. The molecule has 100 valence electrons. The molecule has 2 atom stereocenters. The number of hydrogen-bond donors (Lipinski definition) is 1. The fourth-order valence-electron chi connectivity index (χ4n) is 3.42. The summed E-state index contributed by atoms with van der Waals surface area (Å²) in [7, 11) is 0. The Morgan fingerprint density at radius 1 is 1.28 bits per heavy atom. The van der Waals surface area contributed by atoms with Crippen LogP contribution in [0.25, 0.3) is 0 Å². The minimum Gasteiger partial charge on any atom is -0.354 e. The van der Waals surface area contributed by atoms with Gasteiger partial charge in [0.05, 0.1) is 19.0 Å². The zero-order chi connectivity index (χ0) is 12.8. The van der Waals surface area contributed by atoms with E-state index in [0.717, 1.165) is 12.5 Å². The Kier molecular flexibility index (Phi) is 5.00. The molecule has 0 unspecified atom stereocenters. The van der Waals surface area contributed by atoms with Gasteiger partial charge in [0, 0.05) is 12.6 Å². The van der Waals surface area contributed by atoms with Gasteiger partial charge in [0.15, 0.2) is 0 Å². The van der Waals surface area contributed by atoms with Gasteiger partial charge in [0.1, 0.15) is 0 Å². The molecule has 1 saturated heterocycles. The van der Waals surface area contributed by atoms with Gasteiger partial charge in [0.25, 0.3) is 0 Å². The van der Waals surface area contributed by atoms with Crippen LogP contribution in [0.15, 0.2) is 0 Å². The van der Waals surface area contributed by atoms with Gasteiger partial charge in [-0.1, -0.05) is 12.8 Å². The van der Waals surface area contributed by atoms with Gasteiger partial charge in [-0.3, -0.25) is 9.69 Å². The van der Waals surface area contributed by atoms with Crippen molar-refractivity contribution in [2.45, 2.75) is 51.0 Å². The predicted molar refractivity (Wildman–Crippen MR) is 69.8 cm³/mol. The number of hydrogen-bond acceptors (Lipinski definition) is 3. The fraction of sp³-hybridized carbons (Fsp3) is 0.857. The molecular formula is C14H23N3O. The third-order valence-corrected chi connectivity index (χ3v) is 4.26. The second-order valence-electron chi connectivity index (χ2n) is 5.48. The third kappa shape index (κ3) is 3.46. The Balaban J connectivity index is 1.80. The first-order valence-corrected chi connectivity index (χ1v) is 7.19. The SMILES string of the molecule is N#CCCNC(=O)CN1CCC[C@@H]2CCCC[C@@H]21. The van der Waals surface area contributed by atoms with E-state index in [1.54, 1.807) is 0 Å². The number of piperidine rings is 1. The summed E-state index contributed by atoms with van der Waals surface area (Å²) in [5.74, 6) is 0.899. The van der Waals surface area contributed by atoms with E-state index in [-0.39, 0.29) is 5.91 Å². The van der Waals surface area contributed by atoms with Crippen molar-refractivity contribution in [2.75, 3.05) is 19.6 Å². The molecule has 0 aromatic rings. The van der Waals surface area contributed by atoms with Crippen molar-refractivity contribution in [2.24, 2.45) is 5.92 Å². The maximum absolute atomic E-state index is 11.8. The summed E-state index contributed by atoms with van der Waals surface area (Å²) in [5, 5.41) is 11.3. The summed E-state index contributed by atoms with van der Waals surface area (Å²) >= 11 is 0. The molecule has 1 saturated carbocycles. The summed E-state index contributed by atoms with van der Waals surface area (Å²) in [5.41, 5.74) is 0. The van der Waals surface area contributed by atoms with Crippen LogP contribution in [-0.4, -0.2) is 36.5 Å². The number of amides is 1. The lowest BCUT2D eigenvalue weighted by molar-refractivity contribution is -0.123. The summed E-state index contributed by atoms with van der Waals surface area (Å²) < 4.78 is 0. The molecule has 1 heterocycles. The zero-order valence-electron chi connectivity index (χ0n) is 11.0. The summed E-state index contributed by atoms with van der Waals surface area (Å²) in [4.78, 5) is 14.2. The van der Waals surface area contributed by atoms with E-state index in [1.165, 1.54) is 38.5 Å². The molecule has 1 amide bonds. The first-order valence-electron chi connectivity index (χ1n) is 7.19. The third-order valence-electron chi connectivity index (χ3n) is 4.26. The zero-order valence-corrected chi connectivity index (χ0v) is 11.0.